The molecule has 0 unspecified atom stereocenters. The Labute approximate surface area is 503 Å². The Kier molecular flexibility index (Phi) is 22.2. The lowest BCUT2D eigenvalue weighted by atomic mass is 9.86. The van der Waals surface area contributed by atoms with E-state index < -0.39 is 0 Å². The Hall–Kier alpha value is -7.22. The van der Waals surface area contributed by atoms with Gasteiger partial charge in [0.2, 0.25) is 0 Å². The molecule has 0 fully saturated rings. The minimum atomic E-state index is -0.348. The number of H-pyrrole nitrogens is 5. The van der Waals surface area contributed by atoms with E-state index in [0.29, 0.717) is 0 Å². The van der Waals surface area contributed by atoms with Crippen molar-refractivity contribution in [3.63, 3.8) is 0 Å². The molecular weight excluding hydrogens is 1040 g/mol. The zero-order valence-corrected chi connectivity index (χ0v) is 50.8. The number of hydrogen-bond donors (Lipinski definition) is 5. The second-order valence-electron chi connectivity index (χ2n) is 24.8. The van der Waals surface area contributed by atoms with Crippen LogP contribution in [0, 0.1) is 5.41 Å². The van der Waals surface area contributed by atoms with Gasteiger partial charge in [0, 0.05) is 169 Å². The largest absolute Gasteiger partial charge is 0.493 e. The van der Waals surface area contributed by atoms with Gasteiger partial charge in [0.05, 0.1) is 31.9 Å². The molecule has 2 radical (unpaired) electrons. The fourth-order valence-corrected chi connectivity index (χ4v) is 10.9. The molecule has 5 aliphatic heterocycles. The lowest BCUT2D eigenvalue weighted by Crippen LogP contribution is -2.25. The van der Waals surface area contributed by atoms with Crippen molar-refractivity contribution in [2.75, 3.05) is 21.3 Å². The average Bonchev–Trinajstić information content (AvgIpc) is 2.93. The predicted molar refractivity (Wildman–Crippen MR) is 359 cm³/mol. The molecule has 0 amide bonds. The van der Waals surface area contributed by atoms with Gasteiger partial charge >= 0.3 is 0 Å². The van der Waals surface area contributed by atoms with E-state index in [4.69, 9.17) is 34.1 Å². The van der Waals surface area contributed by atoms with E-state index >= 15 is 0 Å². The SMILES string of the molecule is C.C.C.CC1(C)Cc2cc3ccc(cc4nc(cc5ccc(cc1n2)[nH]5)CC4(C)C)[nH]3.COC(OC)C1=N/C(=C\c2ccc[nH]2)C(C)(C)C1.COc1c2nc(cc3ccc(cc4nc(cc5ccc1[nH]5)C(C)(C)C4)[nH]3)C(C)(C)C2.C[B]C.[BH]C. The van der Waals surface area contributed by atoms with E-state index in [2.05, 4.69) is 204 Å². The molecule has 0 aromatic carbocycles. The number of nitrogens with one attached hydrogen (secondary N) is 5. The summed E-state index contributed by atoms with van der Waals surface area (Å²) in [5.74, 6) is 0.804. The lowest BCUT2D eigenvalue weighted by molar-refractivity contribution is -0.0532. The van der Waals surface area contributed by atoms with Gasteiger partial charge in [0.25, 0.3) is 0 Å². The van der Waals surface area contributed by atoms with E-state index in [1.807, 2.05) is 39.3 Å². The van der Waals surface area contributed by atoms with Crippen LogP contribution in [0.3, 0.4) is 0 Å². The summed E-state index contributed by atoms with van der Waals surface area (Å²) in [6, 6.07) is 36.0. The molecule has 12 heterocycles. The summed E-state index contributed by atoms with van der Waals surface area (Å²) in [7, 11) is 10.2. The van der Waals surface area contributed by atoms with E-state index in [9.17, 15) is 0 Å². The van der Waals surface area contributed by atoms with Gasteiger partial charge in [0.15, 0.2) is 12.0 Å². The Morgan fingerprint density at radius 2 is 0.857 bits per heavy atom. The van der Waals surface area contributed by atoms with E-state index in [1.165, 1.54) is 0 Å². The summed E-state index contributed by atoms with van der Waals surface area (Å²) in [5, 5.41) is 0. The van der Waals surface area contributed by atoms with Crippen molar-refractivity contribution in [2.24, 2.45) is 10.4 Å². The normalized spacial score (nSPS) is 16.6. The van der Waals surface area contributed by atoms with Gasteiger partial charge in [-0.2, -0.15) is 0 Å². The highest BCUT2D eigenvalue weighted by molar-refractivity contribution is 6.31. The summed E-state index contributed by atoms with van der Waals surface area (Å²) < 4.78 is 16.4. The first-order chi connectivity index (χ1) is 38.5. The van der Waals surface area contributed by atoms with Crippen molar-refractivity contribution >= 4 is 71.0 Å². The third-order valence-corrected chi connectivity index (χ3v) is 15.2. The maximum absolute atomic E-state index is 5.81. The van der Waals surface area contributed by atoms with Crippen LogP contribution < -0.4 is 4.74 Å². The maximum atomic E-state index is 5.81. The maximum Gasteiger partial charge on any atom is 0.196 e. The molecule has 12 rings (SSSR count). The first-order valence-corrected chi connectivity index (χ1v) is 28.3. The highest BCUT2D eigenvalue weighted by Crippen LogP contribution is 2.41. The van der Waals surface area contributed by atoms with Crippen LogP contribution in [0.2, 0.25) is 20.5 Å². The second-order valence-corrected chi connectivity index (χ2v) is 24.8. The molecule has 16 bridgehead atoms. The zero-order chi connectivity index (χ0) is 58.5. The van der Waals surface area contributed by atoms with Crippen molar-refractivity contribution in [1.29, 1.82) is 0 Å². The van der Waals surface area contributed by atoms with Gasteiger partial charge in [-0.3, -0.25) is 24.9 Å². The van der Waals surface area contributed by atoms with Crippen LogP contribution in [0.4, 0.5) is 0 Å². The van der Waals surface area contributed by atoms with Crippen molar-refractivity contribution in [1.82, 2.24) is 44.9 Å². The van der Waals surface area contributed by atoms with Gasteiger partial charge in [-0.1, -0.05) is 112 Å². The van der Waals surface area contributed by atoms with Crippen LogP contribution in [0.1, 0.15) is 149 Å². The van der Waals surface area contributed by atoms with E-state index in [0.717, 1.165) is 145 Å². The smallest absolute Gasteiger partial charge is 0.196 e. The van der Waals surface area contributed by atoms with Crippen LogP contribution in [0.15, 0.2) is 120 Å². The van der Waals surface area contributed by atoms with Crippen molar-refractivity contribution in [2.45, 2.75) is 172 Å². The van der Waals surface area contributed by atoms with Gasteiger partial charge in [-0.25, -0.2) is 0 Å². The predicted octanol–water partition coefficient (Wildman–Crippen LogP) is 16.2. The molecule has 13 nitrogen and oxygen atoms in total. The highest BCUT2D eigenvalue weighted by Gasteiger charge is 2.36. The molecule has 446 valence electrons. The molecule has 0 saturated carbocycles. The van der Waals surface area contributed by atoms with Crippen LogP contribution in [0.5, 0.6) is 5.75 Å². The number of aromatic amines is 5. The molecular formula is C69H96B2N10O3. The number of methoxy groups -OCH3 is 3. The number of aromatic nitrogens is 9. The van der Waals surface area contributed by atoms with Crippen LogP contribution >= 0.6 is 0 Å². The van der Waals surface area contributed by atoms with Gasteiger partial charge in [0.1, 0.15) is 7.28 Å². The Bertz CT molecular complexity index is 3640. The molecule has 15 heteroatoms. The molecule has 0 spiro atoms. The summed E-state index contributed by atoms with van der Waals surface area (Å²) in [6.45, 7) is 28.1. The summed E-state index contributed by atoms with van der Waals surface area (Å²) in [4.78, 5) is 41.7. The third kappa shape index (κ3) is 15.7. The number of rotatable bonds is 5. The Balaban J connectivity index is 0.000000224. The molecule has 5 N–H and O–H groups in total. The molecule has 7 aromatic heterocycles. The Morgan fingerprint density at radius 3 is 1.24 bits per heavy atom. The quantitative estimate of drug-likeness (QED) is 0.0843. The molecule has 84 heavy (non-hydrogen) atoms. The molecule has 0 aliphatic carbocycles. The second kappa shape index (κ2) is 27.7. The summed E-state index contributed by atoms with van der Waals surface area (Å²) >= 11 is 0. The monoisotopic (exact) mass is 1130 g/mol. The number of ether oxygens (including phenoxy) is 3. The Morgan fingerprint density at radius 1 is 0.488 bits per heavy atom. The van der Waals surface area contributed by atoms with Crippen molar-refractivity contribution in [3.05, 3.63) is 166 Å². The average molecular weight is 1140 g/mol. The topological polar surface area (TPSA) is 171 Å². The molecule has 0 atom stereocenters. The van der Waals surface area contributed by atoms with Crippen LogP contribution in [-0.4, -0.2) is 93.3 Å². The van der Waals surface area contributed by atoms with E-state index in [-0.39, 0.29) is 55.6 Å². The van der Waals surface area contributed by atoms with Gasteiger partial charge in [-0.15, -0.1) is 0 Å². The number of aliphatic imine (C=N–C) groups is 1. The van der Waals surface area contributed by atoms with Crippen LogP contribution in [0.25, 0.3) is 50.2 Å². The minimum absolute atomic E-state index is 0. The van der Waals surface area contributed by atoms with Crippen LogP contribution in [-0.2, 0) is 56.8 Å². The first kappa shape index (κ1) is 67.6. The molecule has 7 aromatic rings. The number of allylic oxidation sites excluding steroid dienone is 1. The number of nitrogens with zero attached hydrogens (tertiary/aromatic N) is 5. The fraction of sp³-hybridized carbons (Fsp3) is 0.435. The zero-order valence-electron chi connectivity index (χ0n) is 50.8. The van der Waals surface area contributed by atoms with E-state index in [1.54, 1.807) is 28.2 Å². The molecule has 0 saturated heterocycles. The minimum Gasteiger partial charge on any atom is -0.493 e. The number of fused-ring (bicyclic) bond motifs is 16. The van der Waals surface area contributed by atoms with Gasteiger partial charge < -0.3 is 39.1 Å². The third-order valence-electron chi connectivity index (χ3n) is 15.2. The molecule has 5 aliphatic rings. The summed E-state index contributed by atoms with van der Waals surface area (Å²) in [6.07, 6.45) is 8.11. The number of hydrogen-bond acceptors (Lipinski definition) is 8. The first-order valence-electron chi connectivity index (χ1n) is 28.3. The van der Waals surface area contributed by atoms with Gasteiger partial charge in [-0.05, 0) is 109 Å². The standard InChI is InChI=1S/C25H28N4O.C24H26N4.C14H20N2O2.C2H6B.CH4B.3CH4/c1-24(2)13-18-10-15-6-7-16(26-15)11-22-25(3,4)14-20(29-22)23(30-5)19-9-8-17(27-19)12-21(24)28-18;1-23(2)13-19-9-15-6-8-18(26-15)12-22-24(3,4)14-20(28-22)10-16-5-7-17(25-16)11-21(23)27-19;1-14(2)9-11(13(17-3)18-4)16-12(14)8-10-6-5-7-15-10;1-3-2;1-2;;;/h6-12,26-27H,13-14H2,1-5H3;5-12,25-26H,13-14H2,1-4H3;5-8,13,15H,9H2,1-4H3;1-2H3;2H,1H3;3*1H4/b;;12-8-;;;;;. The lowest BCUT2D eigenvalue weighted by Gasteiger charge is -2.19. The summed E-state index contributed by atoms with van der Waals surface area (Å²) in [5.41, 5.74) is 20.2. The fourth-order valence-electron chi connectivity index (χ4n) is 10.9. The highest BCUT2D eigenvalue weighted by atomic mass is 16.7. The van der Waals surface area contributed by atoms with Crippen molar-refractivity contribution in [3.8, 4) is 5.75 Å². The van der Waals surface area contributed by atoms with Crippen molar-refractivity contribution < 1.29 is 14.2 Å².